The number of hydrogen-bond acceptors (Lipinski definition) is 2. The molecule has 0 bridgehead atoms. The van der Waals surface area contributed by atoms with Gasteiger partial charge in [-0.3, -0.25) is 4.79 Å². The fourth-order valence-electron chi connectivity index (χ4n) is 1.07. The molecule has 0 amide bonds. The van der Waals surface area contributed by atoms with E-state index in [1.165, 1.54) is 6.07 Å². The van der Waals surface area contributed by atoms with Crippen molar-refractivity contribution >= 4 is 22.2 Å². The lowest BCUT2D eigenvalue weighted by Gasteiger charge is -2.07. The molecule has 0 atom stereocenters. The molecule has 1 rings (SSSR count). The van der Waals surface area contributed by atoms with Crippen LogP contribution >= 0.6 is 15.9 Å². The third-order valence-electron chi connectivity index (χ3n) is 1.92. The second kappa shape index (κ2) is 4.59. The largest absolute Gasteiger partial charge is 0.296 e. The zero-order valence-electron chi connectivity index (χ0n) is 7.43. The van der Waals surface area contributed by atoms with Gasteiger partial charge < -0.3 is 0 Å². The smallest absolute Gasteiger partial charge is 0.280 e. The summed E-state index contributed by atoms with van der Waals surface area (Å²) in [4.78, 5) is 14.1. The predicted molar refractivity (Wildman–Crippen MR) is 51.9 cm³/mol. The standard InChI is InChI=1S/C9H8BrF2NO/c1-5-6(3-10)2-7(9(11)12)13-8(5)4-14/h2,4,9H,3H2,1H3. The van der Waals surface area contributed by atoms with Crippen LogP contribution in [0.4, 0.5) is 8.78 Å². The Labute approximate surface area is 88.5 Å². The van der Waals surface area contributed by atoms with E-state index in [2.05, 4.69) is 20.9 Å². The van der Waals surface area contributed by atoms with E-state index in [1.807, 2.05) is 0 Å². The van der Waals surface area contributed by atoms with Crippen LogP contribution < -0.4 is 0 Å². The summed E-state index contributed by atoms with van der Waals surface area (Å²) in [5.41, 5.74) is 1.03. The maximum absolute atomic E-state index is 12.3. The van der Waals surface area contributed by atoms with Gasteiger partial charge >= 0.3 is 0 Å². The van der Waals surface area contributed by atoms with E-state index in [0.717, 1.165) is 0 Å². The van der Waals surface area contributed by atoms with Crippen LogP contribution in [0, 0.1) is 6.92 Å². The van der Waals surface area contributed by atoms with Crippen LogP contribution in [-0.2, 0) is 5.33 Å². The minimum atomic E-state index is -2.65. The molecule has 0 aliphatic heterocycles. The molecule has 1 aromatic heterocycles. The number of carbonyl (C=O) groups excluding carboxylic acids is 1. The van der Waals surface area contributed by atoms with Gasteiger partial charge in [0, 0.05) is 5.33 Å². The molecule has 0 fully saturated rings. The average Bonchev–Trinajstić information content (AvgIpc) is 2.17. The van der Waals surface area contributed by atoms with Crippen LogP contribution in [0.1, 0.15) is 33.7 Å². The minimum Gasteiger partial charge on any atom is -0.296 e. The summed E-state index contributed by atoms with van der Waals surface area (Å²) in [6, 6.07) is 1.31. The summed E-state index contributed by atoms with van der Waals surface area (Å²) in [5, 5.41) is 0.432. The summed E-state index contributed by atoms with van der Waals surface area (Å²) in [6.45, 7) is 1.68. The van der Waals surface area contributed by atoms with Crippen molar-refractivity contribution in [2.24, 2.45) is 0 Å². The lowest BCUT2D eigenvalue weighted by molar-refractivity contribution is 0.111. The number of carbonyl (C=O) groups is 1. The minimum absolute atomic E-state index is 0.0808. The molecule has 0 spiro atoms. The van der Waals surface area contributed by atoms with E-state index in [-0.39, 0.29) is 11.4 Å². The summed E-state index contributed by atoms with van der Waals surface area (Å²) in [6.07, 6.45) is -2.15. The number of aldehydes is 1. The Bertz CT molecular complexity index is 355. The molecular weight excluding hydrogens is 256 g/mol. The van der Waals surface area contributed by atoms with Gasteiger partial charge in [0.25, 0.3) is 6.43 Å². The molecule has 0 saturated carbocycles. The predicted octanol–water partition coefficient (Wildman–Crippen LogP) is 3.04. The van der Waals surface area contributed by atoms with E-state index in [1.54, 1.807) is 6.92 Å². The van der Waals surface area contributed by atoms with E-state index >= 15 is 0 Å². The van der Waals surface area contributed by atoms with Crippen molar-refractivity contribution in [1.82, 2.24) is 4.98 Å². The van der Waals surface area contributed by atoms with Crippen LogP contribution in [0.2, 0.25) is 0 Å². The number of nitrogens with zero attached hydrogens (tertiary/aromatic N) is 1. The Morgan fingerprint density at radius 2 is 2.29 bits per heavy atom. The van der Waals surface area contributed by atoms with Crippen molar-refractivity contribution in [1.29, 1.82) is 0 Å². The fourth-order valence-corrected chi connectivity index (χ4v) is 1.65. The Kier molecular flexibility index (Phi) is 3.69. The highest BCUT2D eigenvalue weighted by Crippen LogP contribution is 2.22. The van der Waals surface area contributed by atoms with Gasteiger partial charge in [-0.15, -0.1) is 0 Å². The molecular formula is C9H8BrF2NO. The highest BCUT2D eigenvalue weighted by Gasteiger charge is 2.14. The van der Waals surface area contributed by atoms with E-state index in [4.69, 9.17) is 0 Å². The third kappa shape index (κ3) is 2.15. The van der Waals surface area contributed by atoms with Gasteiger partial charge in [0.05, 0.1) is 0 Å². The van der Waals surface area contributed by atoms with Gasteiger partial charge in [0.15, 0.2) is 6.29 Å². The first kappa shape index (κ1) is 11.2. The van der Waals surface area contributed by atoms with Crippen molar-refractivity contribution < 1.29 is 13.6 Å². The molecule has 0 unspecified atom stereocenters. The molecule has 0 aliphatic rings. The number of hydrogen-bond donors (Lipinski definition) is 0. The number of alkyl halides is 3. The van der Waals surface area contributed by atoms with Gasteiger partial charge in [-0.2, -0.15) is 0 Å². The van der Waals surface area contributed by atoms with E-state index in [0.29, 0.717) is 22.7 Å². The molecule has 14 heavy (non-hydrogen) atoms. The lowest BCUT2D eigenvalue weighted by atomic mass is 10.1. The average molecular weight is 264 g/mol. The first-order valence-corrected chi connectivity index (χ1v) is 5.02. The zero-order chi connectivity index (χ0) is 10.7. The molecule has 1 aromatic rings. The number of pyridine rings is 1. The molecule has 1 heterocycles. The quantitative estimate of drug-likeness (QED) is 0.620. The Balaban J connectivity index is 3.31. The maximum atomic E-state index is 12.3. The molecule has 0 radical (unpaired) electrons. The van der Waals surface area contributed by atoms with Crippen molar-refractivity contribution in [3.05, 3.63) is 28.6 Å². The zero-order valence-corrected chi connectivity index (χ0v) is 9.01. The molecule has 5 heteroatoms. The molecule has 0 aliphatic carbocycles. The Morgan fingerprint density at radius 1 is 1.64 bits per heavy atom. The molecule has 0 N–H and O–H groups in total. The topological polar surface area (TPSA) is 30.0 Å². The Hall–Kier alpha value is -0.840. The van der Waals surface area contributed by atoms with E-state index < -0.39 is 6.43 Å². The number of aromatic nitrogens is 1. The lowest BCUT2D eigenvalue weighted by Crippen LogP contribution is -2.02. The number of rotatable bonds is 3. The van der Waals surface area contributed by atoms with Crippen molar-refractivity contribution in [3.63, 3.8) is 0 Å². The van der Waals surface area contributed by atoms with Crippen LogP contribution in [0.5, 0.6) is 0 Å². The monoisotopic (exact) mass is 263 g/mol. The van der Waals surface area contributed by atoms with Gasteiger partial charge in [-0.1, -0.05) is 15.9 Å². The first-order valence-electron chi connectivity index (χ1n) is 3.89. The van der Waals surface area contributed by atoms with Gasteiger partial charge in [0.1, 0.15) is 11.4 Å². The van der Waals surface area contributed by atoms with Gasteiger partial charge in [0.2, 0.25) is 0 Å². The summed E-state index contributed by atoms with van der Waals surface area (Å²) in [7, 11) is 0. The van der Waals surface area contributed by atoms with Gasteiger partial charge in [-0.25, -0.2) is 13.8 Å². The van der Waals surface area contributed by atoms with Gasteiger partial charge in [-0.05, 0) is 24.1 Å². The summed E-state index contributed by atoms with van der Waals surface area (Å²) >= 11 is 3.17. The molecule has 0 saturated heterocycles. The highest BCUT2D eigenvalue weighted by atomic mass is 79.9. The maximum Gasteiger partial charge on any atom is 0.280 e. The Morgan fingerprint density at radius 3 is 2.71 bits per heavy atom. The molecule has 2 nitrogen and oxygen atoms in total. The van der Waals surface area contributed by atoms with Crippen molar-refractivity contribution in [2.45, 2.75) is 18.7 Å². The van der Waals surface area contributed by atoms with E-state index in [9.17, 15) is 13.6 Å². The van der Waals surface area contributed by atoms with Crippen molar-refractivity contribution in [2.75, 3.05) is 0 Å². The normalized spacial score (nSPS) is 10.6. The van der Waals surface area contributed by atoms with Crippen LogP contribution in [-0.4, -0.2) is 11.3 Å². The highest BCUT2D eigenvalue weighted by molar-refractivity contribution is 9.08. The van der Waals surface area contributed by atoms with Crippen molar-refractivity contribution in [3.8, 4) is 0 Å². The summed E-state index contributed by atoms with van der Waals surface area (Å²) < 4.78 is 24.7. The summed E-state index contributed by atoms with van der Waals surface area (Å²) in [5.74, 6) is 0. The SMILES string of the molecule is Cc1c(CBr)cc(C(F)F)nc1C=O. The fraction of sp³-hybridized carbons (Fsp3) is 0.333. The molecule has 0 aromatic carbocycles. The van der Waals surface area contributed by atoms with Crippen LogP contribution in [0.3, 0.4) is 0 Å². The third-order valence-corrected chi connectivity index (χ3v) is 2.52. The number of halogens is 3. The first-order chi connectivity index (χ1) is 6.60. The van der Waals surface area contributed by atoms with Crippen LogP contribution in [0.15, 0.2) is 6.07 Å². The second-order valence-corrected chi connectivity index (χ2v) is 3.33. The second-order valence-electron chi connectivity index (χ2n) is 2.77. The molecule has 76 valence electrons. The van der Waals surface area contributed by atoms with Crippen LogP contribution in [0.25, 0.3) is 0 Å².